The summed E-state index contributed by atoms with van der Waals surface area (Å²) in [7, 11) is 0. The summed E-state index contributed by atoms with van der Waals surface area (Å²) in [6.07, 6.45) is 0. The van der Waals surface area contributed by atoms with Crippen LogP contribution in [0.4, 0.5) is 0 Å². The molecular formula is C17H13NO2. The van der Waals surface area contributed by atoms with E-state index in [1.807, 2.05) is 61.5 Å². The van der Waals surface area contributed by atoms with Crippen LogP contribution in [0, 0.1) is 18.3 Å². The van der Waals surface area contributed by atoms with E-state index >= 15 is 0 Å². The average Bonchev–Trinajstić information content (AvgIpc) is 2.84. The highest BCUT2D eigenvalue weighted by atomic mass is 16.5. The lowest BCUT2D eigenvalue weighted by molar-refractivity contribution is 0.303. The van der Waals surface area contributed by atoms with E-state index in [1.54, 1.807) is 0 Å². The Kier molecular flexibility index (Phi) is 3.14. The van der Waals surface area contributed by atoms with Gasteiger partial charge in [-0.15, -0.1) is 0 Å². The molecule has 3 nitrogen and oxygen atoms in total. The number of aryl methyl sites for hydroxylation is 1. The fraction of sp³-hybridized carbons (Fsp3) is 0.118. The lowest BCUT2D eigenvalue weighted by Gasteiger charge is -2.07. The first-order chi connectivity index (χ1) is 9.79. The van der Waals surface area contributed by atoms with Crippen LogP contribution in [-0.2, 0) is 6.61 Å². The van der Waals surface area contributed by atoms with Crippen LogP contribution in [0.5, 0.6) is 5.75 Å². The second-order valence-corrected chi connectivity index (χ2v) is 4.58. The molecule has 20 heavy (non-hydrogen) atoms. The maximum absolute atomic E-state index is 9.15. The number of benzene rings is 2. The Morgan fingerprint density at radius 2 is 1.85 bits per heavy atom. The minimum absolute atomic E-state index is 0.222. The topological polar surface area (TPSA) is 46.2 Å². The van der Waals surface area contributed by atoms with E-state index in [-0.39, 0.29) is 5.76 Å². The predicted octanol–water partition coefficient (Wildman–Crippen LogP) is 4.19. The van der Waals surface area contributed by atoms with Crippen molar-refractivity contribution in [2.24, 2.45) is 0 Å². The van der Waals surface area contributed by atoms with Crippen molar-refractivity contribution in [3.05, 3.63) is 65.4 Å². The number of ether oxygens (including phenoxy) is 1. The summed E-state index contributed by atoms with van der Waals surface area (Å²) in [6.45, 7) is 2.46. The van der Waals surface area contributed by atoms with Gasteiger partial charge in [-0.3, -0.25) is 0 Å². The molecular weight excluding hydrogens is 250 g/mol. The molecule has 0 aliphatic rings. The summed E-state index contributed by atoms with van der Waals surface area (Å²) >= 11 is 0. The second kappa shape index (κ2) is 5.10. The van der Waals surface area contributed by atoms with Gasteiger partial charge in [0.05, 0.1) is 5.39 Å². The smallest absolute Gasteiger partial charge is 0.246 e. The Morgan fingerprint density at radius 3 is 2.65 bits per heavy atom. The minimum Gasteiger partial charge on any atom is -0.483 e. The van der Waals surface area contributed by atoms with E-state index in [0.717, 1.165) is 10.9 Å². The molecule has 0 spiro atoms. The standard InChI is InChI=1S/C17H13NO2/c1-12-6-2-3-7-13(12)11-19-17-14-8-4-5-9-15(14)20-16(17)10-18/h2-9H,11H2,1H3. The van der Waals surface area contributed by atoms with Crippen LogP contribution in [0.25, 0.3) is 11.0 Å². The van der Waals surface area contributed by atoms with Gasteiger partial charge in [-0.05, 0) is 30.2 Å². The molecule has 0 saturated carbocycles. The number of fused-ring (bicyclic) bond motifs is 1. The Morgan fingerprint density at radius 1 is 1.10 bits per heavy atom. The van der Waals surface area contributed by atoms with Gasteiger partial charge in [0.1, 0.15) is 18.3 Å². The summed E-state index contributed by atoms with van der Waals surface area (Å²) in [5.74, 6) is 0.742. The van der Waals surface area contributed by atoms with Gasteiger partial charge >= 0.3 is 0 Å². The molecule has 2 aromatic carbocycles. The van der Waals surface area contributed by atoms with Gasteiger partial charge in [0.25, 0.3) is 0 Å². The second-order valence-electron chi connectivity index (χ2n) is 4.58. The molecule has 0 aliphatic carbocycles. The van der Waals surface area contributed by atoms with Gasteiger partial charge in [-0.2, -0.15) is 5.26 Å². The first-order valence-corrected chi connectivity index (χ1v) is 6.38. The first-order valence-electron chi connectivity index (χ1n) is 6.38. The monoisotopic (exact) mass is 263 g/mol. The van der Waals surface area contributed by atoms with Crippen LogP contribution in [0.15, 0.2) is 52.9 Å². The van der Waals surface area contributed by atoms with Gasteiger partial charge < -0.3 is 9.15 Å². The average molecular weight is 263 g/mol. The Balaban J connectivity index is 1.95. The van der Waals surface area contributed by atoms with E-state index in [4.69, 9.17) is 14.4 Å². The normalized spacial score (nSPS) is 10.4. The number of para-hydroxylation sites is 1. The van der Waals surface area contributed by atoms with Crippen molar-refractivity contribution in [3.63, 3.8) is 0 Å². The largest absolute Gasteiger partial charge is 0.483 e. The fourth-order valence-corrected chi connectivity index (χ4v) is 2.16. The molecule has 0 bridgehead atoms. The van der Waals surface area contributed by atoms with Crippen molar-refractivity contribution >= 4 is 11.0 Å². The lowest BCUT2D eigenvalue weighted by atomic mass is 10.1. The Bertz CT molecular complexity index is 796. The van der Waals surface area contributed by atoms with E-state index in [2.05, 4.69) is 0 Å². The first kappa shape index (κ1) is 12.3. The summed E-state index contributed by atoms with van der Waals surface area (Å²) < 4.78 is 11.3. The molecule has 0 N–H and O–H groups in total. The van der Waals surface area contributed by atoms with Crippen molar-refractivity contribution in [1.29, 1.82) is 5.26 Å². The number of furan rings is 1. The zero-order valence-corrected chi connectivity index (χ0v) is 11.1. The summed E-state index contributed by atoms with van der Waals surface area (Å²) in [6, 6.07) is 17.6. The zero-order chi connectivity index (χ0) is 13.9. The van der Waals surface area contributed by atoms with E-state index < -0.39 is 0 Å². The highest BCUT2D eigenvalue weighted by Crippen LogP contribution is 2.33. The van der Waals surface area contributed by atoms with Gasteiger partial charge in [-0.1, -0.05) is 36.4 Å². The molecule has 0 fully saturated rings. The summed E-state index contributed by atoms with van der Waals surface area (Å²) in [4.78, 5) is 0. The highest BCUT2D eigenvalue weighted by Gasteiger charge is 2.15. The number of nitrogens with zero attached hydrogens (tertiary/aromatic N) is 1. The maximum Gasteiger partial charge on any atom is 0.246 e. The van der Waals surface area contributed by atoms with Crippen LogP contribution >= 0.6 is 0 Å². The van der Waals surface area contributed by atoms with Crippen LogP contribution in [0.1, 0.15) is 16.9 Å². The van der Waals surface area contributed by atoms with E-state index in [1.165, 1.54) is 5.56 Å². The van der Waals surface area contributed by atoms with Crippen LogP contribution < -0.4 is 4.74 Å². The molecule has 0 atom stereocenters. The Labute approximate surface area is 117 Å². The maximum atomic E-state index is 9.15. The SMILES string of the molecule is Cc1ccccc1COc1c(C#N)oc2ccccc12. The van der Waals surface area contributed by atoms with E-state index in [0.29, 0.717) is 17.9 Å². The highest BCUT2D eigenvalue weighted by molar-refractivity contribution is 5.86. The van der Waals surface area contributed by atoms with Gasteiger partial charge in [0, 0.05) is 0 Å². The third kappa shape index (κ3) is 2.12. The van der Waals surface area contributed by atoms with Crippen LogP contribution in [0.2, 0.25) is 0 Å². The molecule has 0 saturated heterocycles. The number of nitriles is 1. The molecule has 98 valence electrons. The van der Waals surface area contributed by atoms with Crippen molar-refractivity contribution in [1.82, 2.24) is 0 Å². The summed E-state index contributed by atoms with van der Waals surface area (Å²) in [5, 5.41) is 9.98. The zero-order valence-electron chi connectivity index (χ0n) is 11.1. The molecule has 0 aliphatic heterocycles. The number of rotatable bonds is 3. The van der Waals surface area contributed by atoms with Crippen molar-refractivity contribution < 1.29 is 9.15 Å². The van der Waals surface area contributed by atoms with E-state index in [9.17, 15) is 0 Å². The van der Waals surface area contributed by atoms with Crippen LogP contribution in [0.3, 0.4) is 0 Å². The van der Waals surface area contributed by atoms with Crippen molar-refractivity contribution in [2.45, 2.75) is 13.5 Å². The molecule has 3 rings (SSSR count). The molecule has 1 heterocycles. The Hall–Kier alpha value is -2.73. The lowest BCUT2D eigenvalue weighted by Crippen LogP contribution is -1.98. The van der Waals surface area contributed by atoms with Crippen molar-refractivity contribution in [2.75, 3.05) is 0 Å². The summed E-state index contributed by atoms with van der Waals surface area (Å²) in [5.41, 5.74) is 2.93. The van der Waals surface area contributed by atoms with Gasteiger partial charge in [0.2, 0.25) is 5.76 Å². The molecule has 3 aromatic rings. The van der Waals surface area contributed by atoms with Crippen LogP contribution in [-0.4, -0.2) is 0 Å². The minimum atomic E-state index is 0.222. The van der Waals surface area contributed by atoms with Gasteiger partial charge in [-0.25, -0.2) is 0 Å². The van der Waals surface area contributed by atoms with Gasteiger partial charge in [0.15, 0.2) is 5.75 Å². The quantitative estimate of drug-likeness (QED) is 0.711. The van der Waals surface area contributed by atoms with Crippen molar-refractivity contribution in [3.8, 4) is 11.8 Å². The number of hydrogen-bond acceptors (Lipinski definition) is 3. The predicted molar refractivity (Wildman–Crippen MR) is 76.4 cm³/mol. The molecule has 1 aromatic heterocycles. The third-order valence-corrected chi connectivity index (χ3v) is 3.28. The fourth-order valence-electron chi connectivity index (χ4n) is 2.16. The number of hydrogen-bond donors (Lipinski definition) is 0. The molecule has 3 heteroatoms. The molecule has 0 amide bonds. The molecule has 0 unspecified atom stereocenters. The third-order valence-electron chi connectivity index (χ3n) is 3.28. The molecule has 0 radical (unpaired) electrons.